The number of hydrogen-bond acceptors (Lipinski definition) is 8. The zero-order valence-corrected chi connectivity index (χ0v) is 13.8. The van der Waals surface area contributed by atoms with Crippen molar-refractivity contribution >= 4 is 32.2 Å². The van der Waals surface area contributed by atoms with Crippen molar-refractivity contribution in [2.75, 3.05) is 36.1 Å². The predicted octanol–water partition coefficient (Wildman–Crippen LogP) is 0.495. The first kappa shape index (κ1) is 16.5. The largest absolute Gasteiger partial charge is 0.394 e. The summed E-state index contributed by atoms with van der Waals surface area (Å²) in [6, 6.07) is 0. The topological polar surface area (TPSA) is 106 Å². The van der Waals surface area contributed by atoms with Crippen LogP contribution < -0.4 is 10.6 Å². The quantitative estimate of drug-likeness (QED) is 0.807. The Balaban J connectivity index is 2.37. The first-order valence-electron chi connectivity index (χ1n) is 6.88. The molecular weight excluding hydrogens is 314 g/mol. The van der Waals surface area contributed by atoms with Crippen LogP contribution in [-0.4, -0.2) is 55.6 Å². The smallest absolute Gasteiger partial charge is 0.185 e. The summed E-state index contributed by atoms with van der Waals surface area (Å²) < 4.78 is 34.4. The van der Waals surface area contributed by atoms with Crippen molar-refractivity contribution in [3.63, 3.8) is 0 Å². The van der Waals surface area contributed by atoms with Gasteiger partial charge in [0.05, 0.1) is 24.6 Å². The average Bonchev–Trinajstić information content (AvgIpc) is 2.80. The van der Waals surface area contributed by atoms with Crippen LogP contribution in [0.3, 0.4) is 0 Å². The minimum atomic E-state index is -3.44. The molecule has 21 heavy (non-hydrogen) atoms. The molecule has 0 radical (unpaired) electrons. The summed E-state index contributed by atoms with van der Waals surface area (Å²) in [5.74, 6) is 0.106. The van der Waals surface area contributed by atoms with Gasteiger partial charge in [-0.1, -0.05) is 6.92 Å². The molecule has 2 heterocycles. The summed E-state index contributed by atoms with van der Waals surface area (Å²) in [5, 5.41) is 9.84. The molecule has 2 atom stereocenters. The Kier molecular flexibility index (Phi) is 5.07. The molecule has 0 spiro atoms. The summed E-state index contributed by atoms with van der Waals surface area (Å²) in [6.45, 7) is 4.57. The Bertz CT molecular complexity index is 587. The number of rotatable bonds is 5. The minimum Gasteiger partial charge on any atom is -0.394 e. The van der Waals surface area contributed by atoms with Crippen molar-refractivity contribution < 1.29 is 18.3 Å². The van der Waals surface area contributed by atoms with Crippen LogP contribution in [0.25, 0.3) is 0 Å². The maximum absolute atomic E-state index is 12.4. The van der Waals surface area contributed by atoms with Gasteiger partial charge in [-0.15, -0.1) is 0 Å². The van der Waals surface area contributed by atoms with Gasteiger partial charge in [0.15, 0.2) is 15.7 Å². The van der Waals surface area contributed by atoms with E-state index in [-0.39, 0.29) is 35.3 Å². The van der Waals surface area contributed by atoms with Crippen LogP contribution in [-0.2, 0) is 14.6 Å². The maximum atomic E-state index is 12.4. The summed E-state index contributed by atoms with van der Waals surface area (Å²) in [7, 11) is -3.44. The van der Waals surface area contributed by atoms with Gasteiger partial charge in [0.25, 0.3) is 0 Å². The Morgan fingerprint density at radius 1 is 1.52 bits per heavy atom. The highest BCUT2D eigenvalue weighted by atomic mass is 32.2. The highest BCUT2D eigenvalue weighted by Crippen LogP contribution is 2.36. The zero-order valence-electron chi connectivity index (χ0n) is 12.2. The Labute approximate surface area is 128 Å². The van der Waals surface area contributed by atoms with E-state index in [2.05, 4.69) is 4.37 Å². The first-order chi connectivity index (χ1) is 9.89. The number of nitrogens with zero attached hydrogens (tertiary/aromatic N) is 2. The maximum Gasteiger partial charge on any atom is 0.185 e. The van der Waals surface area contributed by atoms with E-state index in [0.717, 1.165) is 11.5 Å². The first-order valence-corrected chi connectivity index (χ1v) is 9.30. The van der Waals surface area contributed by atoms with Crippen molar-refractivity contribution in [3.8, 4) is 0 Å². The van der Waals surface area contributed by atoms with E-state index in [1.165, 1.54) is 0 Å². The van der Waals surface area contributed by atoms with Gasteiger partial charge in [-0.05, 0) is 24.9 Å². The predicted molar refractivity (Wildman–Crippen MR) is 82.5 cm³/mol. The molecule has 0 saturated carbocycles. The van der Waals surface area contributed by atoms with Gasteiger partial charge in [-0.2, -0.15) is 4.37 Å². The second-order valence-corrected chi connectivity index (χ2v) is 7.98. The molecule has 2 unspecified atom stereocenters. The van der Waals surface area contributed by atoms with Gasteiger partial charge in [-0.25, -0.2) is 8.42 Å². The SMILES string of the molecule is CCCS(=O)(=O)c1c(N)nsc1N1CC(C)OC(CO)C1. The highest BCUT2D eigenvalue weighted by molar-refractivity contribution is 7.91. The Hall–Kier alpha value is -0.900. The average molecular weight is 335 g/mol. The second-order valence-electron chi connectivity index (χ2n) is 5.18. The van der Waals surface area contributed by atoms with Crippen LogP contribution >= 0.6 is 11.5 Å². The lowest BCUT2D eigenvalue weighted by atomic mass is 10.2. The number of nitrogen functional groups attached to an aromatic ring is 1. The fraction of sp³-hybridized carbons (Fsp3) is 0.750. The Morgan fingerprint density at radius 3 is 2.86 bits per heavy atom. The van der Waals surface area contributed by atoms with E-state index >= 15 is 0 Å². The Morgan fingerprint density at radius 2 is 2.24 bits per heavy atom. The molecule has 1 aromatic heterocycles. The molecule has 1 aliphatic heterocycles. The summed E-state index contributed by atoms with van der Waals surface area (Å²) in [6.07, 6.45) is 0.0929. The fourth-order valence-corrected chi connectivity index (χ4v) is 5.24. The molecule has 9 heteroatoms. The van der Waals surface area contributed by atoms with Gasteiger partial charge >= 0.3 is 0 Å². The molecule has 1 aromatic rings. The van der Waals surface area contributed by atoms with Crippen LogP contribution in [0.2, 0.25) is 0 Å². The third-order valence-corrected chi connectivity index (χ3v) is 6.28. The number of nitrogens with two attached hydrogens (primary N) is 1. The lowest BCUT2D eigenvalue weighted by Gasteiger charge is -2.36. The van der Waals surface area contributed by atoms with E-state index < -0.39 is 9.84 Å². The fourth-order valence-electron chi connectivity index (χ4n) is 2.46. The number of anilines is 2. The zero-order chi connectivity index (χ0) is 15.6. The van der Waals surface area contributed by atoms with E-state index in [4.69, 9.17) is 10.5 Å². The van der Waals surface area contributed by atoms with E-state index in [0.29, 0.717) is 24.5 Å². The van der Waals surface area contributed by atoms with Gasteiger partial charge in [0.1, 0.15) is 9.90 Å². The monoisotopic (exact) mass is 335 g/mol. The second kappa shape index (κ2) is 6.47. The molecule has 1 aliphatic rings. The molecule has 1 fully saturated rings. The minimum absolute atomic E-state index is 0.0476. The van der Waals surface area contributed by atoms with Crippen LogP contribution in [0.1, 0.15) is 20.3 Å². The highest BCUT2D eigenvalue weighted by Gasteiger charge is 2.32. The van der Waals surface area contributed by atoms with Gasteiger partial charge < -0.3 is 20.5 Å². The third kappa shape index (κ3) is 3.47. The van der Waals surface area contributed by atoms with Crippen molar-refractivity contribution in [1.29, 1.82) is 0 Å². The van der Waals surface area contributed by atoms with Gasteiger partial charge in [0, 0.05) is 13.1 Å². The number of ether oxygens (including phenoxy) is 1. The van der Waals surface area contributed by atoms with Crippen LogP contribution in [0.4, 0.5) is 10.8 Å². The lowest BCUT2D eigenvalue weighted by Crippen LogP contribution is -2.48. The molecule has 120 valence electrons. The number of aliphatic hydroxyl groups is 1. The number of morpholine rings is 1. The van der Waals surface area contributed by atoms with Crippen molar-refractivity contribution in [2.45, 2.75) is 37.4 Å². The third-order valence-electron chi connectivity index (χ3n) is 3.26. The van der Waals surface area contributed by atoms with Crippen LogP contribution in [0.5, 0.6) is 0 Å². The number of aliphatic hydroxyl groups excluding tert-OH is 1. The van der Waals surface area contributed by atoms with Crippen LogP contribution in [0.15, 0.2) is 4.90 Å². The van der Waals surface area contributed by atoms with Gasteiger partial charge in [-0.3, -0.25) is 0 Å². The molecule has 0 aromatic carbocycles. The van der Waals surface area contributed by atoms with Crippen molar-refractivity contribution in [3.05, 3.63) is 0 Å². The molecular formula is C12H21N3O4S2. The van der Waals surface area contributed by atoms with E-state index in [1.807, 2.05) is 18.7 Å². The molecule has 2 rings (SSSR count). The number of sulfone groups is 1. The van der Waals surface area contributed by atoms with Gasteiger partial charge in [0.2, 0.25) is 0 Å². The molecule has 0 amide bonds. The lowest BCUT2D eigenvalue weighted by molar-refractivity contribution is -0.0420. The van der Waals surface area contributed by atoms with Crippen molar-refractivity contribution in [1.82, 2.24) is 4.37 Å². The number of hydrogen-bond donors (Lipinski definition) is 2. The molecule has 0 aliphatic carbocycles. The van der Waals surface area contributed by atoms with Crippen LogP contribution in [0, 0.1) is 0 Å². The van der Waals surface area contributed by atoms with Crippen molar-refractivity contribution in [2.24, 2.45) is 0 Å². The molecule has 0 bridgehead atoms. The normalized spacial score (nSPS) is 23.5. The molecule has 1 saturated heterocycles. The molecule has 7 nitrogen and oxygen atoms in total. The summed E-state index contributed by atoms with van der Waals surface area (Å²) >= 11 is 1.08. The number of aromatic nitrogens is 1. The summed E-state index contributed by atoms with van der Waals surface area (Å²) in [4.78, 5) is 2.02. The standard InChI is InChI=1S/C12H21N3O4S2/c1-3-4-21(17,18)10-11(13)14-20-12(10)15-5-8(2)19-9(6-15)7-16/h8-9,16H,3-7H2,1-2H3,(H2,13,14). The summed E-state index contributed by atoms with van der Waals surface area (Å²) in [5.41, 5.74) is 5.78. The van der Waals surface area contributed by atoms with E-state index in [9.17, 15) is 13.5 Å². The molecule has 3 N–H and O–H groups in total. The van der Waals surface area contributed by atoms with E-state index in [1.54, 1.807) is 0 Å².